The molecule has 92 valence electrons. The molecule has 1 aromatic heterocycles. The fraction of sp³-hybridized carbons (Fsp3) is 0.462. The molecule has 1 aromatic carbocycles. The molecule has 2 rings (SSSR count). The van der Waals surface area contributed by atoms with Gasteiger partial charge in [-0.25, -0.2) is 4.98 Å². The number of hydrogen-bond donors (Lipinski definition) is 2. The molecule has 0 amide bonds. The maximum absolute atomic E-state index is 5.76. The van der Waals surface area contributed by atoms with Gasteiger partial charge in [0.15, 0.2) is 5.13 Å². The largest absolute Gasteiger partial charge is 0.399 e. The van der Waals surface area contributed by atoms with Crippen LogP contribution in [0.4, 0.5) is 10.8 Å². The van der Waals surface area contributed by atoms with Crippen molar-refractivity contribution in [2.24, 2.45) is 5.92 Å². The van der Waals surface area contributed by atoms with E-state index >= 15 is 0 Å². The first-order valence-corrected chi connectivity index (χ1v) is 6.94. The van der Waals surface area contributed by atoms with Crippen LogP contribution in [0.2, 0.25) is 0 Å². The van der Waals surface area contributed by atoms with Crippen LogP contribution in [-0.2, 0) is 0 Å². The first-order chi connectivity index (χ1) is 8.22. The van der Waals surface area contributed by atoms with E-state index < -0.39 is 0 Å². The zero-order chi connectivity index (χ0) is 12.3. The number of nitrogens with one attached hydrogen (secondary N) is 1. The lowest BCUT2D eigenvalue weighted by Gasteiger charge is -2.11. The summed E-state index contributed by atoms with van der Waals surface area (Å²) >= 11 is 1.67. The topological polar surface area (TPSA) is 50.9 Å². The minimum atomic E-state index is 0.729. The number of anilines is 2. The highest BCUT2D eigenvalue weighted by Crippen LogP contribution is 2.27. The van der Waals surface area contributed by atoms with Gasteiger partial charge < -0.3 is 11.1 Å². The van der Waals surface area contributed by atoms with Crippen molar-refractivity contribution in [3.8, 4) is 0 Å². The monoisotopic (exact) mass is 249 g/mol. The van der Waals surface area contributed by atoms with Gasteiger partial charge in [0, 0.05) is 12.2 Å². The Kier molecular flexibility index (Phi) is 3.84. The maximum atomic E-state index is 5.76. The lowest BCUT2D eigenvalue weighted by molar-refractivity contribution is 0.519. The summed E-state index contributed by atoms with van der Waals surface area (Å²) in [6.45, 7) is 5.46. The highest BCUT2D eigenvalue weighted by Gasteiger charge is 2.06. The SMILES string of the molecule is CCC(CC)CNc1nc2ccc(N)cc2s1. The van der Waals surface area contributed by atoms with Gasteiger partial charge in [0.05, 0.1) is 10.2 Å². The van der Waals surface area contributed by atoms with Crippen molar-refractivity contribution in [2.45, 2.75) is 26.7 Å². The average molecular weight is 249 g/mol. The molecule has 4 heteroatoms. The van der Waals surface area contributed by atoms with Crippen LogP contribution in [0.1, 0.15) is 26.7 Å². The smallest absolute Gasteiger partial charge is 0.183 e. The molecule has 0 aliphatic carbocycles. The summed E-state index contributed by atoms with van der Waals surface area (Å²) < 4.78 is 1.15. The van der Waals surface area contributed by atoms with Crippen LogP contribution in [0.25, 0.3) is 10.2 Å². The minimum absolute atomic E-state index is 0.729. The maximum Gasteiger partial charge on any atom is 0.183 e. The van der Waals surface area contributed by atoms with Crippen LogP contribution >= 0.6 is 11.3 Å². The average Bonchev–Trinajstić information content (AvgIpc) is 2.72. The summed E-state index contributed by atoms with van der Waals surface area (Å²) in [6, 6.07) is 5.85. The second-order valence-corrected chi connectivity index (χ2v) is 5.34. The third kappa shape index (κ3) is 2.88. The molecule has 0 aliphatic heterocycles. The Balaban J connectivity index is 2.09. The molecule has 0 radical (unpaired) electrons. The van der Waals surface area contributed by atoms with Gasteiger partial charge in [0.25, 0.3) is 0 Å². The van der Waals surface area contributed by atoms with Crippen molar-refractivity contribution in [2.75, 3.05) is 17.6 Å². The highest BCUT2D eigenvalue weighted by atomic mass is 32.1. The molecule has 0 fully saturated rings. The molecule has 3 N–H and O–H groups in total. The number of nitrogen functional groups attached to an aromatic ring is 1. The summed E-state index contributed by atoms with van der Waals surface area (Å²) in [6.07, 6.45) is 2.42. The second kappa shape index (κ2) is 5.36. The lowest BCUT2D eigenvalue weighted by atomic mass is 10.0. The molecular weight excluding hydrogens is 230 g/mol. The fourth-order valence-electron chi connectivity index (χ4n) is 1.83. The Morgan fingerprint density at radius 3 is 2.82 bits per heavy atom. The molecule has 0 unspecified atom stereocenters. The Labute approximate surface area is 106 Å². The summed E-state index contributed by atoms with van der Waals surface area (Å²) in [4.78, 5) is 4.55. The number of thiazole rings is 1. The van der Waals surface area contributed by atoms with Gasteiger partial charge in [0.2, 0.25) is 0 Å². The van der Waals surface area contributed by atoms with Gasteiger partial charge in [-0.1, -0.05) is 38.0 Å². The molecule has 0 aliphatic rings. The van der Waals surface area contributed by atoms with E-state index in [2.05, 4.69) is 24.1 Å². The number of nitrogens with zero attached hydrogens (tertiary/aromatic N) is 1. The van der Waals surface area contributed by atoms with Crippen LogP contribution < -0.4 is 11.1 Å². The van der Waals surface area contributed by atoms with E-state index in [1.165, 1.54) is 12.8 Å². The van der Waals surface area contributed by atoms with Gasteiger partial charge in [-0.3, -0.25) is 0 Å². The van der Waals surface area contributed by atoms with Crippen molar-refractivity contribution in [3.05, 3.63) is 18.2 Å². The quantitative estimate of drug-likeness (QED) is 0.794. The summed E-state index contributed by atoms with van der Waals surface area (Å²) in [7, 11) is 0. The molecule has 0 spiro atoms. The van der Waals surface area contributed by atoms with Crippen molar-refractivity contribution < 1.29 is 0 Å². The van der Waals surface area contributed by atoms with Crippen LogP contribution in [0.15, 0.2) is 18.2 Å². The Hall–Kier alpha value is -1.29. The van der Waals surface area contributed by atoms with E-state index in [1.807, 2.05) is 18.2 Å². The Morgan fingerprint density at radius 2 is 2.12 bits per heavy atom. The third-order valence-corrected chi connectivity index (χ3v) is 4.09. The van der Waals surface area contributed by atoms with E-state index in [9.17, 15) is 0 Å². The third-order valence-electron chi connectivity index (χ3n) is 3.11. The second-order valence-electron chi connectivity index (χ2n) is 4.31. The minimum Gasteiger partial charge on any atom is -0.399 e. The fourth-order valence-corrected chi connectivity index (χ4v) is 2.75. The molecular formula is C13H19N3S. The van der Waals surface area contributed by atoms with E-state index in [4.69, 9.17) is 5.73 Å². The molecule has 1 heterocycles. The molecule has 17 heavy (non-hydrogen) atoms. The first kappa shape index (κ1) is 12.2. The first-order valence-electron chi connectivity index (χ1n) is 6.12. The zero-order valence-corrected chi connectivity index (χ0v) is 11.2. The summed E-state index contributed by atoms with van der Waals surface area (Å²) in [5.41, 5.74) is 7.58. The number of nitrogens with two attached hydrogens (primary N) is 1. The number of aromatic nitrogens is 1. The Bertz CT molecular complexity index is 488. The van der Waals surface area contributed by atoms with Gasteiger partial charge in [-0.15, -0.1) is 0 Å². The van der Waals surface area contributed by atoms with Gasteiger partial charge in [0.1, 0.15) is 0 Å². The van der Waals surface area contributed by atoms with Gasteiger partial charge in [-0.05, 0) is 24.1 Å². The number of rotatable bonds is 5. The summed E-state index contributed by atoms with van der Waals surface area (Å²) in [5.74, 6) is 0.729. The number of hydrogen-bond acceptors (Lipinski definition) is 4. The number of fused-ring (bicyclic) bond motifs is 1. The van der Waals surface area contributed by atoms with Gasteiger partial charge in [-0.2, -0.15) is 0 Å². The normalized spacial score (nSPS) is 11.2. The molecule has 3 nitrogen and oxygen atoms in total. The molecule has 0 atom stereocenters. The van der Waals surface area contributed by atoms with E-state index in [0.29, 0.717) is 0 Å². The van der Waals surface area contributed by atoms with E-state index in [0.717, 1.165) is 33.5 Å². The van der Waals surface area contributed by atoms with Crippen LogP contribution in [0.3, 0.4) is 0 Å². The summed E-state index contributed by atoms with van der Waals surface area (Å²) in [5, 5.41) is 4.42. The van der Waals surface area contributed by atoms with Crippen LogP contribution in [0.5, 0.6) is 0 Å². The van der Waals surface area contributed by atoms with Crippen LogP contribution in [-0.4, -0.2) is 11.5 Å². The molecule has 0 saturated heterocycles. The van der Waals surface area contributed by atoms with Gasteiger partial charge >= 0.3 is 0 Å². The van der Waals surface area contributed by atoms with E-state index in [1.54, 1.807) is 11.3 Å². The van der Waals surface area contributed by atoms with Crippen molar-refractivity contribution >= 4 is 32.4 Å². The lowest BCUT2D eigenvalue weighted by Crippen LogP contribution is -2.12. The van der Waals surface area contributed by atoms with Crippen LogP contribution in [0, 0.1) is 5.92 Å². The zero-order valence-electron chi connectivity index (χ0n) is 10.4. The standard InChI is InChI=1S/C13H19N3S/c1-3-9(4-2)8-15-13-16-11-6-5-10(14)7-12(11)17-13/h5-7,9H,3-4,8,14H2,1-2H3,(H,15,16). The molecule has 0 bridgehead atoms. The predicted molar refractivity (Wildman–Crippen MR) is 76.6 cm³/mol. The highest BCUT2D eigenvalue weighted by molar-refractivity contribution is 7.22. The number of benzene rings is 1. The Morgan fingerprint density at radius 1 is 1.35 bits per heavy atom. The van der Waals surface area contributed by atoms with Crippen molar-refractivity contribution in [1.82, 2.24) is 4.98 Å². The van der Waals surface area contributed by atoms with E-state index in [-0.39, 0.29) is 0 Å². The van der Waals surface area contributed by atoms with Crippen molar-refractivity contribution in [3.63, 3.8) is 0 Å². The molecule has 2 aromatic rings. The molecule has 0 saturated carbocycles. The van der Waals surface area contributed by atoms with Crippen molar-refractivity contribution in [1.29, 1.82) is 0 Å². The predicted octanol–water partition coefficient (Wildman–Crippen LogP) is 3.73.